The molecule has 1 unspecified atom stereocenters. The maximum atomic E-state index is 13.4. The van der Waals surface area contributed by atoms with Crippen molar-refractivity contribution in [2.45, 2.75) is 58.0 Å². The zero-order chi connectivity index (χ0) is 22.0. The molecule has 1 aromatic carbocycles. The number of rotatable bonds is 5. The van der Waals surface area contributed by atoms with E-state index in [1.165, 1.54) is 0 Å². The van der Waals surface area contributed by atoms with Gasteiger partial charge in [0.15, 0.2) is 5.78 Å². The number of allylic oxidation sites excluding steroid dienone is 2. The third-order valence-electron chi connectivity index (χ3n) is 6.35. The van der Waals surface area contributed by atoms with E-state index >= 15 is 0 Å². The predicted molar refractivity (Wildman–Crippen MR) is 120 cm³/mol. The summed E-state index contributed by atoms with van der Waals surface area (Å²) < 4.78 is 5.69. The maximum absolute atomic E-state index is 13.4. The lowest BCUT2D eigenvalue weighted by Crippen LogP contribution is -2.39. The van der Waals surface area contributed by atoms with E-state index in [1.807, 2.05) is 51.1 Å². The molecule has 1 aromatic heterocycles. The summed E-state index contributed by atoms with van der Waals surface area (Å²) in [6, 6.07) is 13.9. The SMILES string of the molecule is CC[C@@H](C)OC(=O)C1C(C)=NC2=C(C(=O)C[C@H](c3ccccc3)C2)[C@H]1c1cccnc1. The van der Waals surface area contributed by atoms with Gasteiger partial charge in [0.25, 0.3) is 0 Å². The van der Waals surface area contributed by atoms with Crippen LogP contribution in [-0.2, 0) is 14.3 Å². The summed E-state index contributed by atoms with van der Waals surface area (Å²) in [6.45, 7) is 5.73. The van der Waals surface area contributed by atoms with Gasteiger partial charge in [0.1, 0.15) is 5.92 Å². The normalized spacial score (nSPS) is 24.3. The fraction of sp³-hybridized carbons (Fsp3) is 0.385. The van der Waals surface area contributed by atoms with Crippen molar-refractivity contribution in [3.8, 4) is 0 Å². The second kappa shape index (κ2) is 8.96. The fourth-order valence-corrected chi connectivity index (χ4v) is 4.60. The van der Waals surface area contributed by atoms with Crippen LogP contribution in [0.1, 0.15) is 63.0 Å². The number of esters is 1. The van der Waals surface area contributed by atoms with Crippen molar-refractivity contribution >= 4 is 17.5 Å². The number of Topliss-reactive ketones (excluding diaryl/α,β-unsaturated/α-hetero) is 1. The van der Waals surface area contributed by atoms with Gasteiger partial charge in [0.05, 0.1) is 6.10 Å². The zero-order valence-corrected chi connectivity index (χ0v) is 18.2. The van der Waals surface area contributed by atoms with Gasteiger partial charge in [-0.1, -0.05) is 43.3 Å². The Bertz CT molecular complexity index is 1030. The Balaban J connectivity index is 1.76. The number of hydrogen-bond donors (Lipinski definition) is 0. The van der Waals surface area contributed by atoms with Gasteiger partial charge in [0, 0.05) is 41.7 Å². The minimum Gasteiger partial charge on any atom is -0.462 e. The number of ketones is 1. The highest BCUT2D eigenvalue weighted by atomic mass is 16.5. The molecule has 5 heteroatoms. The Morgan fingerprint density at radius 2 is 1.87 bits per heavy atom. The molecule has 2 aliphatic rings. The molecule has 5 nitrogen and oxygen atoms in total. The highest BCUT2D eigenvalue weighted by molar-refractivity contribution is 6.09. The Labute approximate surface area is 183 Å². The van der Waals surface area contributed by atoms with Crippen LogP contribution < -0.4 is 0 Å². The fourth-order valence-electron chi connectivity index (χ4n) is 4.60. The van der Waals surface area contributed by atoms with Crippen LogP contribution in [0.25, 0.3) is 0 Å². The number of pyridine rings is 1. The van der Waals surface area contributed by atoms with Crippen LogP contribution in [0.15, 0.2) is 71.1 Å². The van der Waals surface area contributed by atoms with E-state index < -0.39 is 11.8 Å². The molecule has 0 N–H and O–H groups in total. The minimum atomic E-state index is -0.617. The molecule has 4 rings (SSSR count). The van der Waals surface area contributed by atoms with Gasteiger partial charge in [-0.2, -0.15) is 0 Å². The molecule has 0 saturated carbocycles. The van der Waals surface area contributed by atoms with Crippen LogP contribution in [0, 0.1) is 5.92 Å². The van der Waals surface area contributed by atoms with Crippen LogP contribution in [-0.4, -0.2) is 28.6 Å². The maximum Gasteiger partial charge on any atom is 0.315 e. The van der Waals surface area contributed by atoms with E-state index in [2.05, 4.69) is 17.1 Å². The standard InChI is InChI=1S/C26H28N2O3/c1-4-16(2)31-26(30)23-17(3)28-21-13-20(18-9-6-5-7-10-18)14-22(29)25(21)24(23)19-11-8-12-27-15-19/h5-12,15-16,20,23-24H,4,13-14H2,1-3H3/t16-,20-,23?,24+/m1/s1. The topological polar surface area (TPSA) is 68.6 Å². The van der Waals surface area contributed by atoms with Crippen LogP contribution in [0.5, 0.6) is 0 Å². The number of ether oxygens (including phenoxy) is 1. The van der Waals surface area contributed by atoms with Gasteiger partial charge in [0.2, 0.25) is 0 Å². The molecule has 2 heterocycles. The summed E-state index contributed by atoms with van der Waals surface area (Å²) in [5.41, 5.74) is 4.14. The second-order valence-corrected chi connectivity index (χ2v) is 8.45. The molecule has 0 saturated heterocycles. The van der Waals surface area contributed by atoms with E-state index in [0.29, 0.717) is 24.1 Å². The molecule has 4 atom stereocenters. The highest BCUT2D eigenvalue weighted by Gasteiger charge is 2.45. The molecule has 160 valence electrons. The Morgan fingerprint density at radius 3 is 2.55 bits per heavy atom. The van der Waals surface area contributed by atoms with Gasteiger partial charge in [-0.05, 0) is 49.8 Å². The third-order valence-corrected chi connectivity index (χ3v) is 6.35. The van der Waals surface area contributed by atoms with Crippen molar-refractivity contribution in [2.75, 3.05) is 0 Å². The van der Waals surface area contributed by atoms with Crippen molar-refractivity contribution in [1.82, 2.24) is 4.98 Å². The van der Waals surface area contributed by atoms with Crippen LogP contribution in [0.3, 0.4) is 0 Å². The monoisotopic (exact) mass is 416 g/mol. The Hall–Kier alpha value is -3.08. The van der Waals surface area contributed by atoms with Crippen molar-refractivity contribution in [2.24, 2.45) is 10.9 Å². The predicted octanol–water partition coefficient (Wildman–Crippen LogP) is 5.00. The number of aromatic nitrogens is 1. The van der Waals surface area contributed by atoms with E-state index in [1.54, 1.807) is 12.4 Å². The largest absolute Gasteiger partial charge is 0.462 e. The minimum absolute atomic E-state index is 0.0570. The van der Waals surface area contributed by atoms with Crippen LogP contribution in [0.2, 0.25) is 0 Å². The summed E-state index contributed by atoms with van der Waals surface area (Å²) in [4.78, 5) is 35.7. The van der Waals surface area contributed by atoms with E-state index in [4.69, 9.17) is 9.73 Å². The average molecular weight is 417 g/mol. The first-order valence-electron chi connectivity index (χ1n) is 11.0. The average Bonchev–Trinajstić information content (AvgIpc) is 2.79. The first-order valence-corrected chi connectivity index (χ1v) is 11.0. The second-order valence-electron chi connectivity index (χ2n) is 8.45. The number of aliphatic imine (C=N–C) groups is 1. The van der Waals surface area contributed by atoms with Gasteiger partial charge >= 0.3 is 5.97 Å². The van der Waals surface area contributed by atoms with E-state index in [0.717, 1.165) is 23.2 Å². The summed E-state index contributed by atoms with van der Waals surface area (Å²) >= 11 is 0. The number of benzene rings is 1. The molecule has 0 spiro atoms. The number of nitrogens with zero attached hydrogens (tertiary/aromatic N) is 2. The van der Waals surface area contributed by atoms with E-state index in [-0.39, 0.29) is 23.8 Å². The number of carbonyl (C=O) groups is 2. The lowest BCUT2D eigenvalue weighted by molar-refractivity contribution is -0.151. The number of hydrogen-bond acceptors (Lipinski definition) is 5. The summed E-state index contributed by atoms with van der Waals surface area (Å²) in [7, 11) is 0. The molecule has 31 heavy (non-hydrogen) atoms. The Morgan fingerprint density at radius 1 is 1.13 bits per heavy atom. The molecule has 0 fully saturated rings. The lowest BCUT2D eigenvalue weighted by Gasteiger charge is -2.36. The van der Waals surface area contributed by atoms with Gasteiger partial charge in [-0.15, -0.1) is 0 Å². The van der Waals surface area contributed by atoms with Crippen LogP contribution in [0.4, 0.5) is 0 Å². The molecular weight excluding hydrogens is 388 g/mol. The summed E-state index contributed by atoms with van der Waals surface area (Å²) in [6.07, 6.45) is 5.09. The third kappa shape index (κ3) is 4.22. The first kappa shape index (κ1) is 21.2. The molecule has 0 bridgehead atoms. The summed E-state index contributed by atoms with van der Waals surface area (Å²) in [5, 5.41) is 0. The van der Waals surface area contributed by atoms with Crippen molar-refractivity contribution < 1.29 is 14.3 Å². The molecule has 2 aromatic rings. The molecule has 1 aliphatic carbocycles. The summed E-state index contributed by atoms with van der Waals surface area (Å²) in [5.74, 6) is -1.20. The van der Waals surface area contributed by atoms with Crippen molar-refractivity contribution in [3.63, 3.8) is 0 Å². The zero-order valence-electron chi connectivity index (χ0n) is 18.2. The van der Waals surface area contributed by atoms with Gasteiger partial charge in [-0.25, -0.2) is 0 Å². The van der Waals surface area contributed by atoms with Crippen molar-refractivity contribution in [3.05, 3.63) is 77.3 Å². The first-order chi connectivity index (χ1) is 15.0. The molecule has 0 amide bonds. The Kier molecular flexibility index (Phi) is 6.12. The van der Waals surface area contributed by atoms with Crippen LogP contribution >= 0.6 is 0 Å². The highest BCUT2D eigenvalue weighted by Crippen LogP contribution is 2.46. The number of carbonyl (C=O) groups excluding carboxylic acids is 2. The molecule has 1 aliphatic heterocycles. The van der Waals surface area contributed by atoms with Gasteiger partial charge in [-0.3, -0.25) is 19.6 Å². The smallest absolute Gasteiger partial charge is 0.315 e. The van der Waals surface area contributed by atoms with E-state index in [9.17, 15) is 9.59 Å². The molecule has 0 radical (unpaired) electrons. The quantitative estimate of drug-likeness (QED) is 0.644. The molecular formula is C26H28N2O3. The van der Waals surface area contributed by atoms with Crippen molar-refractivity contribution in [1.29, 1.82) is 0 Å². The van der Waals surface area contributed by atoms with Gasteiger partial charge < -0.3 is 4.74 Å². The lowest BCUT2D eigenvalue weighted by atomic mass is 9.69.